The molecular formula is C16H25N5. The molecule has 21 heavy (non-hydrogen) atoms. The summed E-state index contributed by atoms with van der Waals surface area (Å²) in [5, 5.41) is 7.99. The third-order valence-electron chi connectivity index (χ3n) is 3.27. The number of aryl methyl sites for hydroxylation is 2. The highest BCUT2D eigenvalue weighted by Crippen LogP contribution is 2.12. The quantitative estimate of drug-likeness (QED) is 0.918. The Morgan fingerprint density at radius 2 is 1.81 bits per heavy atom. The van der Waals surface area contributed by atoms with Crippen LogP contribution in [0.1, 0.15) is 51.7 Å². The van der Waals surface area contributed by atoms with Gasteiger partial charge in [-0.2, -0.15) is 5.10 Å². The summed E-state index contributed by atoms with van der Waals surface area (Å²) < 4.78 is 1.90. The van der Waals surface area contributed by atoms with Gasteiger partial charge in [0.2, 0.25) is 0 Å². The number of aromatic nitrogens is 4. The van der Waals surface area contributed by atoms with E-state index < -0.39 is 0 Å². The summed E-state index contributed by atoms with van der Waals surface area (Å²) in [5.74, 6) is 0.783. The average molecular weight is 287 g/mol. The molecule has 0 unspecified atom stereocenters. The van der Waals surface area contributed by atoms with E-state index in [1.807, 2.05) is 10.9 Å². The van der Waals surface area contributed by atoms with E-state index in [-0.39, 0.29) is 5.54 Å². The van der Waals surface area contributed by atoms with E-state index in [1.165, 1.54) is 5.69 Å². The third kappa shape index (κ3) is 4.11. The average Bonchev–Trinajstić information content (AvgIpc) is 2.88. The molecule has 5 heteroatoms. The third-order valence-corrected chi connectivity index (χ3v) is 3.27. The largest absolute Gasteiger partial charge is 0.306 e. The molecule has 114 valence electrons. The molecule has 0 aliphatic carbocycles. The zero-order chi connectivity index (χ0) is 15.5. The van der Waals surface area contributed by atoms with Crippen LogP contribution >= 0.6 is 0 Å². The smallest absolute Gasteiger partial charge is 0.172 e. The van der Waals surface area contributed by atoms with Gasteiger partial charge in [0.15, 0.2) is 5.82 Å². The van der Waals surface area contributed by atoms with E-state index in [1.54, 1.807) is 6.20 Å². The summed E-state index contributed by atoms with van der Waals surface area (Å²) in [6.45, 7) is 11.4. The van der Waals surface area contributed by atoms with Crippen molar-refractivity contribution in [3.05, 3.63) is 35.5 Å². The molecule has 2 heterocycles. The Balaban J connectivity index is 2.17. The summed E-state index contributed by atoms with van der Waals surface area (Å²) in [6.07, 6.45) is 5.48. The fourth-order valence-corrected chi connectivity index (χ4v) is 2.00. The van der Waals surface area contributed by atoms with Crippen LogP contribution in [-0.2, 0) is 19.4 Å². The molecule has 0 radical (unpaired) electrons. The van der Waals surface area contributed by atoms with Crippen LogP contribution in [0.2, 0.25) is 0 Å². The summed E-state index contributed by atoms with van der Waals surface area (Å²) in [4.78, 5) is 8.99. The highest BCUT2D eigenvalue weighted by Gasteiger charge is 2.11. The molecule has 0 atom stereocenters. The zero-order valence-electron chi connectivity index (χ0n) is 13.6. The minimum Gasteiger partial charge on any atom is -0.306 e. The molecule has 0 aliphatic rings. The first-order valence-corrected chi connectivity index (χ1v) is 7.57. The molecule has 0 bridgehead atoms. The fraction of sp³-hybridized carbons (Fsp3) is 0.562. The molecule has 0 amide bonds. The number of nitrogens with zero attached hydrogens (tertiary/aromatic N) is 4. The van der Waals surface area contributed by atoms with E-state index in [4.69, 9.17) is 0 Å². The first-order chi connectivity index (χ1) is 9.93. The van der Waals surface area contributed by atoms with Gasteiger partial charge in [0.1, 0.15) is 0 Å². The highest BCUT2D eigenvalue weighted by atomic mass is 15.3. The van der Waals surface area contributed by atoms with Crippen LogP contribution in [0, 0.1) is 0 Å². The highest BCUT2D eigenvalue weighted by molar-refractivity contribution is 5.24. The number of hydrogen-bond acceptors (Lipinski definition) is 4. The summed E-state index contributed by atoms with van der Waals surface area (Å²) in [5.41, 5.74) is 3.27. The summed E-state index contributed by atoms with van der Waals surface area (Å²) in [6, 6.07) is 2.14. The van der Waals surface area contributed by atoms with E-state index >= 15 is 0 Å². The van der Waals surface area contributed by atoms with Gasteiger partial charge in [-0.25, -0.2) is 9.67 Å². The van der Waals surface area contributed by atoms with Gasteiger partial charge >= 0.3 is 0 Å². The fourth-order valence-electron chi connectivity index (χ4n) is 2.00. The van der Waals surface area contributed by atoms with Crippen molar-refractivity contribution in [1.82, 2.24) is 25.1 Å². The van der Waals surface area contributed by atoms with Gasteiger partial charge in [0, 0.05) is 17.8 Å². The first kappa shape index (κ1) is 15.6. The van der Waals surface area contributed by atoms with Crippen molar-refractivity contribution in [1.29, 1.82) is 0 Å². The lowest BCUT2D eigenvalue weighted by molar-refractivity contribution is 0.421. The lowest BCUT2D eigenvalue weighted by atomic mass is 10.1. The van der Waals surface area contributed by atoms with Crippen molar-refractivity contribution in [3.63, 3.8) is 0 Å². The topological polar surface area (TPSA) is 55.6 Å². The van der Waals surface area contributed by atoms with Crippen LogP contribution in [0.15, 0.2) is 18.5 Å². The Kier molecular flexibility index (Phi) is 4.73. The SMILES string of the molecule is CCc1cc(CC)n(-c2cnc(CNC(C)(C)C)cn2)n1. The second kappa shape index (κ2) is 6.35. The standard InChI is InChI=1S/C16H25N5/c1-6-12-8-14(7-2)21(20-12)15-11-17-13(9-18-15)10-19-16(3,4)5/h8-9,11,19H,6-7,10H2,1-5H3. The normalized spacial score (nSPS) is 11.9. The van der Waals surface area contributed by atoms with E-state index in [9.17, 15) is 0 Å². The molecule has 0 saturated carbocycles. The monoisotopic (exact) mass is 287 g/mol. The minimum atomic E-state index is 0.0771. The molecule has 2 aromatic heterocycles. The van der Waals surface area contributed by atoms with Gasteiger partial charge in [-0.1, -0.05) is 13.8 Å². The van der Waals surface area contributed by atoms with Gasteiger partial charge in [0.05, 0.1) is 23.8 Å². The lowest BCUT2D eigenvalue weighted by Crippen LogP contribution is -2.35. The molecule has 0 fully saturated rings. The molecule has 0 aromatic carbocycles. The summed E-state index contributed by atoms with van der Waals surface area (Å²) >= 11 is 0. The number of nitrogens with one attached hydrogen (secondary N) is 1. The van der Waals surface area contributed by atoms with Crippen LogP contribution in [0.25, 0.3) is 5.82 Å². The second-order valence-electron chi connectivity index (χ2n) is 6.22. The predicted octanol–water partition coefficient (Wildman–Crippen LogP) is 2.68. The minimum absolute atomic E-state index is 0.0771. The van der Waals surface area contributed by atoms with Crippen molar-refractivity contribution in [3.8, 4) is 5.82 Å². The Bertz CT molecular complexity index is 578. The predicted molar refractivity (Wildman–Crippen MR) is 84.5 cm³/mol. The maximum absolute atomic E-state index is 4.58. The molecule has 1 N–H and O–H groups in total. The van der Waals surface area contributed by atoms with Gasteiger partial charge in [-0.15, -0.1) is 0 Å². The molecular weight excluding hydrogens is 262 g/mol. The molecule has 0 aliphatic heterocycles. The summed E-state index contributed by atoms with van der Waals surface area (Å²) in [7, 11) is 0. The Labute approximate surface area is 126 Å². The van der Waals surface area contributed by atoms with E-state index in [0.717, 1.165) is 36.6 Å². The Morgan fingerprint density at radius 1 is 1.05 bits per heavy atom. The molecule has 0 spiro atoms. The van der Waals surface area contributed by atoms with E-state index in [2.05, 4.69) is 61.1 Å². The maximum Gasteiger partial charge on any atom is 0.172 e. The number of rotatable bonds is 5. The lowest BCUT2D eigenvalue weighted by Gasteiger charge is -2.20. The van der Waals surface area contributed by atoms with Gasteiger partial charge < -0.3 is 5.32 Å². The van der Waals surface area contributed by atoms with Crippen molar-refractivity contribution in [2.75, 3.05) is 0 Å². The first-order valence-electron chi connectivity index (χ1n) is 7.57. The number of hydrogen-bond donors (Lipinski definition) is 1. The van der Waals surface area contributed by atoms with Crippen molar-refractivity contribution < 1.29 is 0 Å². The van der Waals surface area contributed by atoms with Crippen LogP contribution in [0.3, 0.4) is 0 Å². The molecule has 2 aromatic rings. The van der Waals surface area contributed by atoms with Gasteiger partial charge in [-0.3, -0.25) is 4.98 Å². The van der Waals surface area contributed by atoms with Crippen LogP contribution in [0.5, 0.6) is 0 Å². The molecule has 5 nitrogen and oxygen atoms in total. The van der Waals surface area contributed by atoms with Gasteiger partial charge in [-0.05, 0) is 39.7 Å². The van der Waals surface area contributed by atoms with Gasteiger partial charge in [0.25, 0.3) is 0 Å². The Morgan fingerprint density at radius 3 is 2.33 bits per heavy atom. The van der Waals surface area contributed by atoms with Crippen LogP contribution in [-0.4, -0.2) is 25.3 Å². The Hall–Kier alpha value is -1.75. The van der Waals surface area contributed by atoms with Crippen molar-refractivity contribution in [2.24, 2.45) is 0 Å². The van der Waals surface area contributed by atoms with Crippen molar-refractivity contribution in [2.45, 2.75) is 59.5 Å². The van der Waals surface area contributed by atoms with Crippen molar-refractivity contribution >= 4 is 0 Å². The second-order valence-corrected chi connectivity index (χ2v) is 6.22. The van der Waals surface area contributed by atoms with E-state index in [0.29, 0.717) is 0 Å². The molecule has 2 rings (SSSR count). The van der Waals surface area contributed by atoms with Crippen LogP contribution in [0.4, 0.5) is 0 Å². The maximum atomic E-state index is 4.58. The zero-order valence-corrected chi connectivity index (χ0v) is 13.6. The molecule has 0 saturated heterocycles. The van der Waals surface area contributed by atoms with Crippen LogP contribution < -0.4 is 5.32 Å².